The number of aldehydes is 1. The molecule has 0 heterocycles. The van der Waals surface area contributed by atoms with Gasteiger partial charge in [-0.15, -0.1) is 0 Å². The molecule has 15 heavy (non-hydrogen) atoms. The zero-order chi connectivity index (χ0) is 11.0. The summed E-state index contributed by atoms with van der Waals surface area (Å²) in [6, 6.07) is 5.56. The van der Waals surface area contributed by atoms with Crippen molar-refractivity contribution in [1.82, 2.24) is 0 Å². The summed E-state index contributed by atoms with van der Waals surface area (Å²) in [6.07, 6.45) is 0.526. The Morgan fingerprint density at radius 2 is 1.67 bits per heavy atom. The summed E-state index contributed by atoms with van der Waals surface area (Å²) >= 11 is 0. The van der Waals surface area contributed by atoms with Gasteiger partial charge in [-0.2, -0.15) is 0 Å². The van der Waals surface area contributed by atoms with Crippen LogP contribution in [-0.4, -0.2) is 21.6 Å². The maximum atomic E-state index is 10.6. The topological polar surface area (TPSA) is 77.8 Å². The van der Waals surface area contributed by atoms with Gasteiger partial charge in [0.05, 0.1) is 5.56 Å². The van der Waals surface area contributed by atoms with Gasteiger partial charge in [-0.25, -0.2) is 0 Å². The average molecular weight is 204 g/mol. The Hall–Kier alpha value is -2.23. The van der Waals surface area contributed by atoms with Crippen molar-refractivity contribution in [3.05, 3.63) is 29.8 Å². The van der Waals surface area contributed by atoms with E-state index in [0.717, 1.165) is 0 Å². The van der Waals surface area contributed by atoms with Crippen LogP contribution in [0.25, 0.3) is 10.8 Å². The molecule has 4 nitrogen and oxygen atoms in total. The van der Waals surface area contributed by atoms with Crippen molar-refractivity contribution < 1.29 is 20.1 Å². The van der Waals surface area contributed by atoms with Crippen LogP contribution in [-0.2, 0) is 0 Å². The van der Waals surface area contributed by atoms with Crippen LogP contribution in [0.2, 0.25) is 0 Å². The molecule has 0 bridgehead atoms. The number of carbonyl (C=O) groups excluding carboxylic acids is 1. The number of hydrogen-bond acceptors (Lipinski definition) is 4. The van der Waals surface area contributed by atoms with Crippen molar-refractivity contribution in [2.24, 2.45) is 0 Å². The van der Waals surface area contributed by atoms with E-state index in [0.29, 0.717) is 17.1 Å². The molecule has 0 radical (unpaired) electrons. The fourth-order valence-electron chi connectivity index (χ4n) is 1.45. The van der Waals surface area contributed by atoms with Gasteiger partial charge < -0.3 is 15.3 Å². The Morgan fingerprint density at radius 1 is 1.00 bits per heavy atom. The second-order valence-electron chi connectivity index (χ2n) is 3.18. The summed E-state index contributed by atoms with van der Waals surface area (Å²) < 4.78 is 0. The van der Waals surface area contributed by atoms with Crippen molar-refractivity contribution in [1.29, 1.82) is 0 Å². The summed E-state index contributed by atoms with van der Waals surface area (Å²) in [5.74, 6) is -0.792. The van der Waals surface area contributed by atoms with Gasteiger partial charge in [-0.1, -0.05) is 6.07 Å². The van der Waals surface area contributed by atoms with E-state index in [-0.39, 0.29) is 22.8 Å². The van der Waals surface area contributed by atoms with Crippen molar-refractivity contribution in [3.63, 3.8) is 0 Å². The highest BCUT2D eigenvalue weighted by Crippen LogP contribution is 2.35. The maximum absolute atomic E-state index is 10.6. The molecule has 0 aliphatic heterocycles. The van der Waals surface area contributed by atoms with Gasteiger partial charge in [0.2, 0.25) is 0 Å². The highest BCUT2D eigenvalue weighted by molar-refractivity contribution is 5.97. The van der Waals surface area contributed by atoms with Crippen molar-refractivity contribution >= 4 is 17.1 Å². The molecule has 0 aliphatic rings. The minimum absolute atomic E-state index is 0.146. The number of phenolic OH excluding ortho intramolecular Hbond substituents is 3. The Labute approximate surface area is 85.0 Å². The third-order valence-electron chi connectivity index (χ3n) is 2.24. The molecule has 0 atom stereocenters. The zero-order valence-corrected chi connectivity index (χ0v) is 7.64. The maximum Gasteiger partial charge on any atom is 0.158 e. The molecule has 0 unspecified atom stereocenters. The van der Waals surface area contributed by atoms with Crippen LogP contribution < -0.4 is 0 Å². The van der Waals surface area contributed by atoms with Crippen LogP contribution in [0.4, 0.5) is 0 Å². The van der Waals surface area contributed by atoms with Gasteiger partial charge in [0.15, 0.2) is 17.8 Å². The molecular formula is C11H8O4. The molecule has 2 aromatic rings. The number of carbonyl (C=O) groups is 1. The Kier molecular flexibility index (Phi) is 1.97. The molecule has 0 amide bonds. The lowest BCUT2D eigenvalue weighted by Gasteiger charge is -2.05. The average Bonchev–Trinajstić information content (AvgIpc) is 2.22. The summed E-state index contributed by atoms with van der Waals surface area (Å²) in [5.41, 5.74) is 0.146. The second-order valence-corrected chi connectivity index (χ2v) is 3.18. The first-order valence-electron chi connectivity index (χ1n) is 4.26. The minimum atomic E-state index is -0.333. The molecule has 0 spiro atoms. The molecule has 0 aromatic heterocycles. The smallest absolute Gasteiger partial charge is 0.158 e. The largest absolute Gasteiger partial charge is 0.507 e. The molecule has 2 aromatic carbocycles. The van der Waals surface area contributed by atoms with Crippen LogP contribution in [0.3, 0.4) is 0 Å². The van der Waals surface area contributed by atoms with Crippen LogP contribution in [0, 0.1) is 0 Å². The quantitative estimate of drug-likeness (QED) is 0.488. The number of hydrogen-bond donors (Lipinski definition) is 3. The molecule has 0 saturated carbocycles. The highest BCUT2D eigenvalue weighted by Gasteiger charge is 2.08. The van der Waals surface area contributed by atoms with Crippen molar-refractivity contribution in [2.45, 2.75) is 0 Å². The first kappa shape index (κ1) is 9.33. The standard InChI is InChI=1S/C11H8O4/c12-5-7-2-1-6-3-9(13)10(14)4-8(6)11(7)15/h1-5,13-15H. The van der Waals surface area contributed by atoms with E-state index in [1.54, 1.807) is 6.07 Å². The van der Waals surface area contributed by atoms with Crippen molar-refractivity contribution in [2.75, 3.05) is 0 Å². The Morgan fingerprint density at radius 3 is 2.33 bits per heavy atom. The predicted octanol–water partition coefficient (Wildman–Crippen LogP) is 1.77. The number of phenols is 3. The lowest BCUT2D eigenvalue weighted by Crippen LogP contribution is -1.83. The summed E-state index contributed by atoms with van der Waals surface area (Å²) in [7, 11) is 0. The van der Waals surface area contributed by atoms with E-state index in [1.807, 2.05) is 0 Å². The van der Waals surface area contributed by atoms with Gasteiger partial charge in [-0.3, -0.25) is 4.79 Å². The van der Waals surface area contributed by atoms with Crippen molar-refractivity contribution in [3.8, 4) is 17.2 Å². The number of benzene rings is 2. The van der Waals surface area contributed by atoms with Gasteiger partial charge in [0, 0.05) is 5.39 Å². The first-order valence-corrected chi connectivity index (χ1v) is 4.26. The number of aromatic hydroxyl groups is 3. The summed E-state index contributed by atoms with van der Waals surface area (Å²) in [6.45, 7) is 0. The van der Waals surface area contributed by atoms with Gasteiger partial charge in [0.25, 0.3) is 0 Å². The van der Waals surface area contributed by atoms with Gasteiger partial charge in [0.1, 0.15) is 5.75 Å². The van der Waals surface area contributed by atoms with E-state index in [1.165, 1.54) is 18.2 Å². The third kappa shape index (κ3) is 1.36. The van der Waals surface area contributed by atoms with Crippen LogP contribution in [0.15, 0.2) is 24.3 Å². The van der Waals surface area contributed by atoms with Crippen LogP contribution in [0.1, 0.15) is 10.4 Å². The lowest BCUT2D eigenvalue weighted by molar-refractivity contribution is 0.112. The Bertz CT molecular complexity index is 546. The fraction of sp³-hybridized carbons (Fsp3) is 0. The molecule has 2 rings (SSSR count). The number of fused-ring (bicyclic) bond motifs is 1. The van der Waals surface area contributed by atoms with E-state index < -0.39 is 0 Å². The van der Waals surface area contributed by atoms with E-state index in [9.17, 15) is 20.1 Å². The molecule has 0 fully saturated rings. The van der Waals surface area contributed by atoms with E-state index in [2.05, 4.69) is 0 Å². The summed E-state index contributed by atoms with van der Waals surface area (Å²) in [5, 5.41) is 29.0. The predicted molar refractivity (Wildman–Crippen MR) is 54.3 cm³/mol. The monoisotopic (exact) mass is 204 g/mol. The van der Waals surface area contributed by atoms with Crippen LogP contribution >= 0.6 is 0 Å². The first-order chi connectivity index (χ1) is 7.13. The van der Waals surface area contributed by atoms with E-state index >= 15 is 0 Å². The van der Waals surface area contributed by atoms with E-state index in [4.69, 9.17) is 0 Å². The lowest BCUT2D eigenvalue weighted by atomic mass is 10.1. The molecule has 4 heteroatoms. The molecular weight excluding hydrogens is 196 g/mol. The third-order valence-corrected chi connectivity index (χ3v) is 2.24. The van der Waals surface area contributed by atoms with Gasteiger partial charge in [-0.05, 0) is 23.6 Å². The second kappa shape index (κ2) is 3.16. The molecule has 0 aliphatic carbocycles. The minimum Gasteiger partial charge on any atom is -0.507 e. The zero-order valence-electron chi connectivity index (χ0n) is 7.64. The molecule has 3 N–H and O–H groups in total. The summed E-state index contributed by atoms with van der Waals surface area (Å²) in [4.78, 5) is 10.6. The molecule has 76 valence electrons. The van der Waals surface area contributed by atoms with Gasteiger partial charge >= 0.3 is 0 Å². The fourth-order valence-corrected chi connectivity index (χ4v) is 1.45. The normalized spacial score (nSPS) is 10.4. The SMILES string of the molecule is O=Cc1ccc2cc(O)c(O)cc2c1O. The van der Waals surface area contributed by atoms with Crippen LogP contribution in [0.5, 0.6) is 17.2 Å². The Balaban J connectivity index is 2.87. The number of rotatable bonds is 1. The molecule has 0 saturated heterocycles. The highest BCUT2D eigenvalue weighted by atomic mass is 16.3.